The molecule has 2 fully saturated rings. The fraction of sp³-hybridized carbons (Fsp3) is 0.867. The van der Waals surface area contributed by atoms with Gasteiger partial charge in [0.05, 0.1) is 6.67 Å². The first kappa shape index (κ1) is 15.3. The van der Waals surface area contributed by atoms with E-state index < -0.39 is 0 Å². The molecule has 0 aromatic heterocycles. The Labute approximate surface area is 121 Å². The fourth-order valence-corrected chi connectivity index (χ4v) is 3.20. The lowest BCUT2D eigenvalue weighted by atomic mass is 9.95. The van der Waals surface area contributed by atoms with Crippen molar-refractivity contribution in [3.8, 4) is 0 Å². The van der Waals surface area contributed by atoms with Crippen LogP contribution >= 0.6 is 0 Å². The summed E-state index contributed by atoms with van der Waals surface area (Å²) in [6.07, 6.45) is 6.89. The maximum Gasteiger partial charge on any atom is 0.325 e. The van der Waals surface area contributed by atoms with E-state index in [1.807, 2.05) is 7.05 Å². The molecule has 20 heavy (non-hydrogen) atoms. The summed E-state index contributed by atoms with van der Waals surface area (Å²) in [7, 11) is 2.02. The SMILES string of the molecule is CC(C)CC1NC(=O)N(CN(C)C2CCCCC2)C1=O. The van der Waals surface area contributed by atoms with Gasteiger partial charge in [-0.1, -0.05) is 33.1 Å². The minimum Gasteiger partial charge on any atom is -0.326 e. The predicted molar refractivity (Wildman–Crippen MR) is 78.1 cm³/mol. The Balaban J connectivity index is 1.91. The average molecular weight is 281 g/mol. The van der Waals surface area contributed by atoms with Crippen LogP contribution in [-0.2, 0) is 4.79 Å². The normalized spacial score (nSPS) is 24.9. The van der Waals surface area contributed by atoms with E-state index in [-0.39, 0.29) is 18.0 Å². The predicted octanol–water partition coefficient (Wildman–Crippen LogP) is 2.17. The Morgan fingerprint density at radius 1 is 1.25 bits per heavy atom. The van der Waals surface area contributed by atoms with E-state index in [1.54, 1.807) is 0 Å². The summed E-state index contributed by atoms with van der Waals surface area (Å²) in [5, 5.41) is 2.80. The standard InChI is InChI=1S/C15H27N3O2/c1-11(2)9-13-14(19)18(15(20)16-13)10-17(3)12-7-5-4-6-8-12/h11-13H,4-10H2,1-3H3,(H,16,20). The maximum atomic E-state index is 12.3. The molecule has 1 aliphatic heterocycles. The summed E-state index contributed by atoms with van der Waals surface area (Å²) < 4.78 is 0. The number of nitrogens with zero attached hydrogens (tertiary/aromatic N) is 2. The molecule has 1 saturated carbocycles. The lowest BCUT2D eigenvalue weighted by Gasteiger charge is -2.33. The van der Waals surface area contributed by atoms with E-state index in [4.69, 9.17) is 0 Å². The highest BCUT2D eigenvalue weighted by Crippen LogP contribution is 2.22. The number of amides is 3. The number of carbonyl (C=O) groups is 2. The Kier molecular flexibility index (Phi) is 5.02. The van der Waals surface area contributed by atoms with Crippen LogP contribution in [0.25, 0.3) is 0 Å². The summed E-state index contributed by atoms with van der Waals surface area (Å²) in [5.74, 6) is 0.339. The highest BCUT2D eigenvalue weighted by molar-refractivity contribution is 6.04. The first-order valence-corrected chi connectivity index (χ1v) is 7.81. The zero-order chi connectivity index (χ0) is 14.7. The molecule has 1 saturated heterocycles. The van der Waals surface area contributed by atoms with Crippen LogP contribution in [0.4, 0.5) is 4.79 Å². The van der Waals surface area contributed by atoms with Crippen LogP contribution in [0, 0.1) is 5.92 Å². The van der Waals surface area contributed by atoms with Crippen LogP contribution in [0.5, 0.6) is 0 Å². The molecule has 1 N–H and O–H groups in total. The number of urea groups is 1. The monoisotopic (exact) mass is 281 g/mol. The molecule has 0 aromatic rings. The highest BCUT2D eigenvalue weighted by Gasteiger charge is 2.39. The summed E-state index contributed by atoms with van der Waals surface area (Å²) in [6.45, 7) is 4.55. The highest BCUT2D eigenvalue weighted by atomic mass is 16.2. The quantitative estimate of drug-likeness (QED) is 0.786. The Hall–Kier alpha value is -1.10. The van der Waals surface area contributed by atoms with Gasteiger partial charge in [0.2, 0.25) is 0 Å². The molecular formula is C15H27N3O2. The van der Waals surface area contributed by atoms with Crippen molar-refractivity contribution >= 4 is 11.9 Å². The van der Waals surface area contributed by atoms with Crippen molar-refractivity contribution in [2.75, 3.05) is 13.7 Å². The molecule has 114 valence electrons. The topological polar surface area (TPSA) is 52.7 Å². The summed E-state index contributed by atoms with van der Waals surface area (Å²) in [5.41, 5.74) is 0. The second kappa shape index (κ2) is 6.57. The zero-order valence-electron chi connectivity index (χ0n) is 12.9. The van der Waals surface area contributed by atoms with Gasteiger partial charge in [-0.2, -0.15) is 0 Å². The molecule has 0 spiro atoms. The second-order valence-corrected chi connectivity index (χ2v) is 6.59. The van der Waals surface area contributed by atoms with Crippen molar-refractivity contribution in [3.05, 3.63) is 0 Å². The van der Waals surface area contributed by atoms with Gasteiger partial charge in [0.15, 0.2) is 0 Å². The molecule has 1 atom stereocenters. The number of carbonyl (C=O) groups excluding carboxylic acids is 2. The lowest BCUT2D eigenvalue weighted by Crippen LogP contribution is -2.45. The van der Waals surface area contributed by atoms with Gasteiger partial charge in [-0.25, -0.2) is 9.69 Å². The molecule has 5 nitrogen and oxygen atoms in total. The number of hydrogen-bond acceptors (Lipinski definition) is 3. The summed E-state index contributed by atoms with van der Waals surface area (Å²) in [6, 6.07) is -0.0564. The van der Waals surface area contributed by atoms with Gasteiger partial charge in [0.1, 0.15) is 6.04 Å². The molecule has 0 bridgehead atoms. The molecule has 2 aliphatic rings. The van der Waals surface area contributed by atoms with Gasteiger partial charge in [-0.05, 0) is 32.2 Å². The van der Waals surface area contributed by atoms with Gasteiger partial charge in [-0.3, -0.25) is 9.69 Å². The van der Waals surface area contributed by atoms with Gasteiger partial charge in [0, 0.05) is 6.04 Å². The number of imide groups is 1. The average Bonchev–Trinajstić information content (AvgIpc) is 2.66. The minimum absolute atomic E-state index is 0.0636. The van der Waals surface area contributed by atoms with E-state index >= 15 is 0 Å². The molecule has 0 aromatic carbocycles. The van der Waals surface area contributed by atoms with E-state index in [9.17, 15) is 9.59 Å². The van der Waals surface area contributed by atoms with E-state index in [2.05, 4.69) is 24.1 Å². The number of nitrogens with one attached hydrogen (secondary N) is 1. The van der Waals surface area contributed by atoms with Crippen molar-refractivity contribution in [3.63, 3.8) is 0 Å². The third kappa shape index (κ3) is 3.51. The van der Waals surface area contributed by atoms with Crippen molar-refractivity contribution < 1.29 is 9.59 Å². The first-order valence-electron chi connectivity index (χ1n) is 7.81. The second-order valence-electron chi connectivity index (χ2n) is 6.59. The Morgan fingerprint density at radius 3 is 2.50 bits per heavy atom. The van der Waals surface area contributed by atoms with E-state index in [0.717, 1.165) is 0 Å². The largest absolute Gasteiger partial charge is 0.326 e. The Morgan fingerprint density at radius 2 is 1.90 bits per heavy atom. The fourth-order valence-electron chi connectivity index (χ4n) is 3.20. The molecule has 1 aliphatic carbocycles. The van der Waals surface area contributed by atoms with Crippen LogP contribution in [-0.4, -0.2) is 47.5 Å². The van der Waals surface area contributed by atoms with Gasteiger partial charge in [-0.15, -0.1) is 0 Å². The third-order valence-corrected chi connectivity index (χ3v) is 4.38. The first-order chi connectivity index (χ1) is 9.49. The van der Waals surface area contributed by atoms with Crippen LogP contribution in [0.1, 0.15) is 52.4 Å². The Bertz CT molecular complexity index is 364. The van der Waals surface area contributed by atoms with Crippen molar-refractivity contribution in [1.29, 1.82) is 0 Å². The zero-order valence-corrected chi connectivity index (χ0v) is 12.9. The van der Waals surface area contributed by atoms with Crippen LogP contribution in [0.15, 0.2) is 0 Å². The molecule has 0 radical (unpaired) electrons. The summed E-state index contributed by atoms with van der Waals surface area (Å²) in [4.78, 5) is 27.8. The molecule has 1 heterocycles. The van der Waals surface area contributed by atoms with Gasteiger partial charge < -0.3 is 5.32 Å². The van der Waals surface area contributed by atoms with Crippen LogP contribution < -0.4 is 5.32 Å². The molecule has 3 amide bonds. The minimum atomic E-state index is -0.331. The van der Waals surface area contributed by atoms with Crippen LogP contribution in [0.3, 0.4) is 0 Å². The van der Waals surface area contributed by atoms with E-state index in [0.29, 0.717) is 25.0 Å². The smallest absolute Gasteiger partial charge is 0.325 e. The summed E-state index contributed by atoms with van der Waals surface area (Å²) >= 11 is 0. The molecular weight excluding hydrogens is 254 g/mol. The van der Waals surface area contributed by atoms with E-state index in [1.165, 1.54) is 37.0 Å². The van der Waals surface area contributed by atoms with Crippen LogP contribution in [0.2, 0.25) is 0 Å². The number of rotatable bonds is 5. The van der Waals surface area contributed by atoms with Gasteiger partial charge >= 0.3 is 6.03 Å². The van der Waals surface area contributed by atoms with Crippen molar-refractivity contribution in [2.45, 2.75) is 64.5 Å². The molecule has 5 heteroatoms. The molecule has 2 rings (SSSR count). The molecule has 1 unspecified atom stereocenters. The maximum absolute atomic E-state index is 12.3. The third-order valence-electron chi connectivity index (χ3n) is 4.38. The lowest BCUT2D eigenvalue weighted by molar-refractivity contribution is -0.129. The van der Waals surface area contributed by atoms with Gasteiger partial charge in [0.25, 0.3) is 5.91 Å². The van der Waals surface area contributed by atoms with Crippen molar-refractivity contribution in [2.24, 2.45) is 5.92 Å². The number of hydrogen-bond donors (Lipinski definition) is 1. The van der Waals surface area contributed by atoms with Crippen molar-refractivity contribution in [1.82, 2.24) is 15.1 Å².